The van der Waals surface area contributed by atoms with E-state index in [1.165, 1.54) is 11.3 Å². The lowest BCUT2D eigenvalue weighted by Crippen LogP contribution is -2.26. The molecule has 1 unspecified atom stereocenters. The van der Waals surface area contributed by atoms with E-state index < -0.39 is 0 Å². The minimum Gasteiger partial charge on any atom is -0.489 e. The summed E-state index contributed by atoms with van der Waals surface area (Å²) in [5.41, 5.74) is 1.88. The number of ether oxygens (including phenoxy) is 1. The Morgan fingerprint density at radius 1 is 1.27 bits per heavy atom. The summed E-state index contributed by atoms with van der Waals surface area (Å²) in [7, 11) is 0. The lowest BCUT2D eigenvalue weighted by Gasteiger charge is -2.11. The first kappa shape index (κ1) is 19.1. The Morgan fingerprint density at radius 2 is 2.00 bits per heavy atom. The highest BCUT2D eigenvalue weighted by molar-refractivity contribution is 9.10. The van der Waals surface area contributed by atoms with E-state index in [2.05, 4.69) is 26.2 Å². The van der Waals surface area contributed by atoms with E-state index in [-0.39, 0.29) is 16.7 Å². The first-order valence-electron chi connectivity index (χ1n) is 8.15. The molecule has 0 aliphatic carbocycles. The number of halogens is 2. The first-order valence-corrected chi connectivity index (χ1v) is 10.3. The summed E-state index contributed by atoms with van der Waals surface area (Å²) in [6.45, 7) is 4.44. The normalized spacial score (nSPS) is 12.3. The molecule has 3 rings (SSSR count). The zero-order valence-corrected chi connectivity index (χ0v) is 17.5. The first-order chi connectivity index (χ1) is 12.4. The van der Waals surface area contributed by atoms with Crippen LogP contribution in [-0.2, 0) is 11.4 Å². The maximum atomic E-state index is 12.2. The smallest absolute Gasteiger partial charge is 0.240 e. The van der Waals surface area contributed by atoms with Crippen LogP contribution in [0.3, 0.4) is 0 Å². The Morgan fingerprint density at radius 3 is 2.69 bits per heavy atom. The number of alkyl halides is 1. The van der Waals surface area contributed by atoms with Gasteiger partial charge in [-0.05, 0) is 41.8 Å². The van der Waals surface area contributed by atoms with Crippen LogP contribution in [0, 0.1) is 5.92 Å². The van der Waals surface area contributed by atoms with Crippen LogP contribution in [-0.4, -0.2) is 15.7 Å². The zero-order valence-electron chi connectivity index (χ0n) is 14.3. The van der Waals surface area contributed by atoms with Crippen LogP contribution in [0.1, 0.15) is 19.4 Å². The van der Waals surface area contributed by atoms with E-state index in [0.29, 0.717) is 16.8 Å². The molecule has 1 N–H and O–H groups in total. The Bertz CT molecular complexity index is 912. The molecule has 1 aromatic heterocycles. The Labute approximate surface area is 169 Å². The quantitative estimate of drug-likeness (QED) is 0.474. The molecule has 1 amide bonds. The molecule has 3 aromatic rings. The fourth-order valence-corrected chi connectivity index (χ4v) is 3.41. The molecule has 0 fully saturated rings. The minimum atomic E-state index is -0.243. The predicted octanol–water partition coefficient (Wildman–Crippen LogP) is 5.89. The molecule has 0 bridgehead atoms. The summed E-state index contributed by atoms with van der Waals surface area (Å²) in [5.74, 6) is 0.880. The van der Waals surface area contributed by atoms with Gasteiger partial charge >= 0.3 is 0 Å². The molecule has 4 nitrogen and oxygen atoms in total. The van der Waals surface area contributed by atoms with Gasteiger partial charge in [-0.15, -0.1) is 0 Å². The SMILES string of the molecule is CC(C)C(Br)C(=O)Nc1nc2ccc(OCc3ccc(Cl)cc3)cc2s1. The van der Waals surface area contributed by atoms with Crippen molar-refractivity contribution in [3.8, 4) is 5.75 Å². The fraction of sp³-hybridized carbons (Fsp3) is 0.263. The summed E-state index contributed by atoms with van der Waals surface area (Å²) < 4.78 is 6.80. The summed E-state index contributed by atoms with van der Waals surface area (Å²) in [4.78, 5) is 16.4. The molecule has 0 spiro atoms. The highest BCUT2D eigenvalue weighted by Crippen LogP contribution is 2.30. The van der Waals surface area contributed by atoms with Gasteiger partial charge in [0.1, 0.15) is 12.4 Å². The van der Waals surface area contributed by atoms with E-state index in [9.17, 15) is 4.79 Å². The molecular weight excluding hydrogens is 436 g/mol. The molecule has 0 aliphatic heterocycles. The second-order valence-electron chi connectivity index (χ2n) is 6.20. The third-order valence-corrected chi connectivity index (χ3v) is 6.40. The highest BCUT2D eigenvalue weighted by atomic mass is 79.9. The van der Waals surface area contributed by atoms with E-state index in [1.807, 2.05) is 56.3 Å². The standard InChI is InChI=1S/C19H18BrClN2O2S/c1-11(2)17(20)18(24)23-19-22-15-8-7-14(9-16(15)26-19)25-10-12-3-5-13(21)6-4-12/h3-9,11,17H,10H2,1-2H3,(H,22,23,24). The van der Waals surface area contributed by atoms with Crippen molar-refractivity contribution in [2.75, 3.05) is 5.32 Å². The Kier molecular flexibility index (Phi) is 6.16. The molecule has 0 aliphatic rings. The van der Waals surface area contributed by atoms with Crippen LogP contribution in [0.2, 0.25) is 5.02 Å². The monoisotopic (exact) mass is 452 g/mol. The van der Waals surface area contributed by atoms with Crippen molar-refractivity contribution in [3.05, 3.63) is 53.1 Å². The number of amides is 1. The Hall–Kier alpha value is -1.63. The molecule has 7 heteroatoms. The number of anilines is 1. The number of rotatable bonds is 6. The lowest BCUT2D eigenvalue weighted by molar-refractivity contribution is -0.116. The van der Waals surface area contributed by atoms with Crippen LogP contribution in [0.5, 0.6) is 5.75 Å². The van der Waals surface area contributed by atoms with Crippen molar-refractivity contribution in [1.29, 1.82) is 0 Å². The van der Waals surface area contributed by atoms with Gasteiger partial charge in [-0.3, -0.25) is 4.79 Å². The van der Waals surface area contributed by atoms with Gasteiger partial charge in [0.25, 0.3) is 0 Å². The van der Waals surface area contributed by atoms with Crippen LogP contribution < -0.4 is 10.1 Å². The topological polar surface area (TPSA) is 51.2 Å². The van der Waals surface area contributed by atoms with Crippen LogP contribution in [0.15, 0.2) is 42.5 Å². The van der Waals surface area contributed by atoms with E-state index in [4.69, 9.17) is 16.3 Å². The Balaban J connectivity index is 1.69. The molecule has 26 heavy (non-hydrogen) atoms. The van der Waals surface area contributed by atoms with Crippen molar-refractivity contribution < 1.29 is 9.53 Å². The number of aromatic nitrogens is 1. The summed E-state index contributed by atoms with van der Waals surface area (Å²) in [6, 6.07) is 13.3. The van der Waals surface area contributed by atoms with Gasteiger partial charge in [0.05, 0.1) is 15.0 Å². The molecule has 136 valence electrons. The predicted molar refractivity (Wildman–Crippen MR) is 112 cm³/mol. The average molecular weight is 454 g/mol. The number of fused-ring (bicyclic) bond motifs is 1. The van der Waals surface area contributed by atoms with E-state index >= 15 is 0 Å². The van der Waals surface area contributed by atoms with Gasteiger partial charge in [0, 0.05) is 5.02 Å². The number of nitrogens with one attached hydrogen (secondary N) is 1. The maximum Gasteiger partial charge on any atom is 0.240 e. The van der Waals surface area contributed by atoms with Gasteiger partial charge in [-0.2, -0.15) is 0 Å². The number of nitrogens with zero attached hydrogens (tertiary/aromatic N) is 1. The van der Waals surface area contributed by atoms with Crippen molar-refractivity contribution in [1.82, 2.24) is 4.98 Å². The molecule has 1 heterocycles. The van der Waals surface area contributed by atoms with Crippen molar-refractivity contribution in [3.63, 3.8) is 0 Å². The summed E-state index contributed by atoms with van der Waals surface area (Å²) in [6.07, 6.45) is 0. The van der Waals surface area contributed by atoms with E-state index in [1.54, 1.807) is 0 Å². The molecule has 1 atom stereocenters. The number of carbonyl (C=O) groups is 1. The summed E-state index contributed by atoms with van der Waals surface area (Å²) >= 11 is 10.7. The third-order valence-electron chi connectivity index (χ3n) is 3.74. The third kappa shape index (κ3) is 4.75. The molecule has 2 aromatic carbocycles. The van der Waals surface area contributed by atoms with Crippen LogP contribution in [0.25, 0.3) is 10.2 Å². The van der Waals surface area contributed by atoms with Crippen molar-refractivity contribution in [2.24, 2.45) is 5.92 Å². The largest absolute Gasteiger partial charge is 0.489 e. The van der Waals surface area contributed by atoms with Crippen LogP contribution >= 0.6 is 38.9 Å². The maximum absolute atomic E-state index is 12.2. The number of thiazole rings is 1. The number of benzene rings is 2. The molecule has 0 saturated carbocycles. The number of hydrogen-bond acceptors (Lipinski definition) is 4. The lowest BCUT2D eigenvalue weighted by atomic mass is 10.1. The van der Waals surface area contributed by atoms with Crippen LogP contribution in [0.4, 0.5) is 5.13 Å². The fourth-order valence-electron chi connectivity index (χ4n) is 2.27. The zero-order chi connectivity index (χ0) is 18.7. The average Bonchev–Trinajstić information content (AvgIpc) is 3.01. The van der Waals surface area contributed by atoms with E-state index in [0.717, 1.165) is 21.5 Å². The summed E-state index contributed by atoms with van der Waals surface area (Å²) in [5, 5.41) is 4.16. The van der Waals surface area contributed by atoms with Crippen molar-refractivity contribution in [2.45, 2.75) is 25.3 Å². The van der Waals surface area contributed by atoms with Gasteiger partial charge < -0.3 is 10.1 Å². The number of carbonyl (C=O) groups excluding carboxylic acids is 1. The molecule has 0 saturated heterocycles. The van der Waals surface area contributed by atoms with Gasteiger partial charge in [-0.25, -0.2) is 4.98 Å². The van der Waals surface area contributed by atoms with Crippen molar-refractivity contribution >= 4 is 60.1 Å². The minimum absolute atomic E-state index is 0.0849. The second-order valence-corrected chi connectivity index (χ2v) is 8.65. The van der Waals surface area contributed by atoms with Gasteiger partial charge in [0.2, 0.25) is 5.91 Å². The van der Waals surface area contributed by atoms with Gasteiger partial charge in [-0.1, -0.05) is 64.8 Å². The number of hydrogen-bond donors (Lipinski definition) is 1. The molecule has 0 radical (unpaired) electrons. The second kappa shape index (κ2) is 8.37. The highest BCUT2D eigenvalue weighted by Gasteiger charge is 2.19. The molecular formula is C19H18BrClN2O2S. The van der Waals surface area contributed by atoms with Gasteiger partial charge in [0.15, 0.2) is 5.13 Å².